The number of carbonyl (C=O) groups excluding carboxylic acids is 1. The number of hydrogen-bond acceptors (Lipinski definition) is 3. The molecule has 3 rings (SSSR count). The lowest BCUT2D eigenvalue weighted by atomic mass is 9.86. The second-order valence-corrected chi connectivity index (χ2v) is 7.07. The molecule has 3 atom stereocenters. The van der Waals surface area contributed by atoms with Crippen molar-refractivity contribution in [3.63, 3.8) is 0 Å². The average molecular weight is 307 g/mol. The van der Waals surface area contributed by atoms with Crippen LogP contribution in [0.3, 0.4) is 0 Å². The van der Waals surface area contributed by atoms with Crippen LogP contribution in [0.2, 0.25) is 0 Å². The van der Waals surface area contributed by atoms with E-state index < -0.39 is 0 Å². The first kappa shape index (κ1) is 15.8. The van der Waals surface area contributed by atoms with Crippen LogP contribution in [0.1, 0.15) is 19.8 Å². The molecule has 5 heteroatoms. The third-order valence-electron chi connectivity index (χ3n) is 5.18. The van der Waals surface area contributed by atoms with Gasteiger partial charge < -0.3 is 15.0 Å². The Morgan fingerprint density at radius 3 is 2.50 bits per heavy atom. The van der Waals surface area contributed by atoms with E-state index in [0.29, 0.717) is 17.8 Å². The Labute approximate surface area is 133 Å². The minimum atomic E-state index is 0.128. The molecule has 2 heterocycles. The van der Waals surface area contributed by atoms with Crippen LogP contribution in [-0.2, 0) is 4.74 Å². The number of morpholine rings is 1. The standard InChI is InChI=1S/C17H29N3O2/c1-14(11-19-6-8-22-9-7-19)10-18-17(21)20-12-15-4-2-3-5-16(15)13-20/h2-3,14-16H,4-13H2,1H3,(H,18,21)/t14-,15-,16-/m1/s1. The van der Waals surface area contributed by atoms with Crippen molar-refractivity contribution in [2.75, 3.05) is 52.5 Å². The van der Waals surface area contributed by atoms with Gasteiger partial charge in [0.2, 0.25) is 0 Å². The summed E-state index contributed by atoms with van der Waals surface area (Å²) in [6.07, 6.45) is 6.82. The van der Waals surface area contributed by atoms with Crippen molar-refractivity contribution in [3.05, 3.63) is 12.2 Å². The van der Waals surface area contributed by atoms with Crippen molar-refractivity contribution in [3.8, 4) is 0 Å². The fraction of sp³-hybridized carbons (Fsp3) is 0.824. The second kappa shape index (κ2) is 7.47. The Kier molecular flexibility index (Phi) is 5.37. The van der Waals surface area contributed by atoms with Gasteiger partial charge in [0.15, 0.2) is 0 Å². The fourth-order valence-corrected chi connectivity index (χ4v) is 3.84. The zero-order valence-corrected chi connectivity index (χ0v) is 13.7. The van der Waals surface area contributed by atoms with Crippen molar-refractivity contribution >= 4 is 6.03 Å². The molecule has 3 aliphatic rings. The fourth-order valence-electron chi connectivity index (χ4n) is 3.84. The number of rotatable bonds is 4. The molecule has 5 nitrogen and oxygen atoms in total. The molecule has 22 heavy (non-hydrogen) atoms. The highest BCUT2D eigenvalue weighted by atomic mass is 16.5. The van der Waals surface area contributed by atoms with E-state index in [-0.39, 0.29) is 6.03 Å². The maximum absolute atomic E-state index is 12.3. The number of fused-ring (bicyclic) bond motifs is 1. The first-order valence-electron chi connectivity index (χ1n) is 8.70. The van der Waals surface area contributed by atoms with E-state index in [1.54, 1.807) is 0 Å². The second-order valence-electron chi connectivity index (χ2n) is 7.07. The van der Waals surface area contributed by atoms with Gasteiger partial charge in [0, 0.05) is 39.3 Å². The van der Waals surface area contributed by atoms with E-state index in [1.165, 1.54) is 0 Å². The molecule has 2 fully saturated rings. The summed E-state index contributed by atoms with van der Waals surface area (Å²) in [7, 11) is 0. The van der Waals surface area contributed by atoms with Crippen LogP contribution in [0.25, 0.3) is 0 Å². The molecule has 0 unspecified atom stereocenters. The minimum Gasteiger partial charge on any atom is -0.379 e. The SMILES string of the molecule is C[C@H](CNC(=O)N1C[C@H]2CC=CC[C@@H]2C1)CN1CCOCC1. The maximum atomic E-state index is 12.3. The summed E-state index contributed by atoms with van der Waals surface area (Å²) in [5, 5.41) is 3.13. The van der Waals surface area contributed by atoms with E-state index in [0.717, 1.165) is 65.3 Å². The third-order valence-corrected chi connectivity index (χ3v) is 5.18. The molecule has 124 valence electrons. The molecule has 0 saturated carbocycles. The highest BCUT2D eigenvalue weighted by Gasteiger charge is 2.35. The van der Waals surface area contributed by atoms with Crippen LogP contribution in [0.5, 0.6) is 0 Å². The first-order valence-corrected chi connectivity index (χ1v) is 8.70. The van der Waals surface area contributed by atoms with E-state index in [2.05, 4.69) is 29.3 Å². The van der Waals surface area contributed by atoms with Crippen LogP contribution in [0, 0.1) is 17.8 Å². The van der Waals surface area contributed by atoms with Gasteiger partial charge in [-0.1, -0.05) is 19.1 Å². The molecule has 1 N–H and O–H groups in total. The van der Waals surface area contributed by atoms with Gasteiger partial charge in [0.1, 0.15) is 0 Å². The topological polar surface area (TPSA) is 44.8 Å². The summed E-state index contributed by atoms with van der Waals surface area (Å²) in [5.41, 5.74) is 0. The predicted molar refractivity (Wildman–Crippen MR) is 86.7 cm³/mol. The third kappa shape index (κ3) is 4.02. The Balaban J connectivity index is 1.37. The van der Waals surface area contributed by atoms with Gasteiger partial charge >= 0.3 is 6.03 Å². The number of nitrogens with one attached hydrogen (secondary N) is 1. The van der Waals surface area contributed by atoms with Gasteiger partial charge in [0.05, 0.1) is 13.2 Å². The number of allylic oxidation sites excluding steroid dienone is 2. The van der Waals surface area contributed by atoms with Crippen LogP contribution < -0.4 is 5.32 Å². The number of hydrogen-bond donors (Lipinski definition) is 1. The molecule has 0 aromatic carbocycles. The zero-order valence-electron chi connectivity index (χ0n) is 13.7. The highest BCUT2D eigenvalue weighted by molar-refractivity contribution is 5.74. The smallest absolute Gasteiger partial charge is 0.317 e. The lowest BCUT2D eigenvalue weighted by Gasteiger charge is -2.29. The van der Waals surface area contributed by atoms with Crippen molar-refractivity contribution in [1.29, 1.82) is 0 Å². The summed E-state index contributed by atoms with van der Waals surface area (Å²) in [6.45, 7) is 9.58. The monoisotopic (exact) mass is 307 g/mol. The Hall–Kier alpha value is -1.07. The normalized spacial score (nSPS) is 30.1. The lowest BCUT2D eigenvalue weighted by molar-refractivity contribution is 0.0319. The van der Waals surface area contributed by atoms with Crippen molar-refractivity contribution < 1.29 is 9.53 Å². The molecule has 0 spiro atoms. The summed E-state index contributed by atoms with van der Waals surface area (Å²) in [4.78, 5) is 16.8. The Morgan fingerprint density at radius 2 is 1.86 bits per heavy atom. The number of nitrogens with zero attached hydrogens (tertiary/aromatic N) is 2. The number of ether oxygens (including phenoxy) is 1. The summed E-state index contributed by atoms with van der Waals surface area (Å²) in [6, 6.07) is 0.128. The number of amides is 2. The molecule has 2 saturated heterocycles. The summed E-state index contributed by atoms with van der Waals surface area (Å²) >= 11 is 0. The van der Waals surface area contributed by atoms with Gasteiger partial charge in [-0.25, -0.2) is 4.79 Å². The molecule has 2 aliphatic heterocycles. The Morgan fingerprint density at radius 1 is 1.23 bits per heavy atom. The molecule has 0 radical (unpaired) electrons. The lowest BCUT2D eigenvalue weighted by Crippen LogP contribution is -2.44. The molecule has 1 aliphatic carbocycles. The Bertz CT molecular complexity index is 391. The van der Waals surface area contributed by atoms with Crippen molar-refractivity contribution in [1.82, 2.24) is 15.1 Å². The molecule has 0 aromatic heterocycles. The largest absolute Gasteiger partial charge is 0.379 e. The predicted octanol–water partition coefficient (Wildman–Crippen LogP) is 1.56. The molecule has 2 amide bonds. The van der Waals surface area contributed by atoms with Gasteiger partial charge in [-0.05, 0) is 30.6 Å². The summed E-state index contributed by atoms with van der Waals surface area (Å²) in [5.74, 6) is 1.84. The minimum absolute atomic E-state index is 0.128. The number of carbonyl (C=O) groups is 1. The van der Waals surface area contributed by atoms with Crippen LogP contribution in [0.15, 0.2) is 12.2 Å². The van der Waals surface area contributed by atoms with Crippen molar-refractivity contribution in [2.45, 2.75) is 19.8 Å². The first-order chi connectivity index (χ1) is 10.7. The molecular weight excluding hydrogens is 278 g/mol. The maximum Gasteiger partial charge on any atom is 0.317 e. The van der Waals surface area contributed by atoms with Gasteiger partial charge in [-0.3, -0.25) is 4.90 Å². The van der Waals surface area contributed by atoms with E-state index in [4.69, 9.17) is 4.74 Å². The van der Waals surface area contributed by atoms with E-state index in [1.807, 2.05) is 4.90 Å². The average Bonchev–Trinajstić information content (AvgIpc) is 2.98. The van der Waals surface area contributed by atoms with Crippen LogP contribution in [0.4, 0.5) is 4.79 Å². The van der Waals surface area contributed by atoms with Gasteiger partial charge in [0.25, 0.3) is 0 Å². The summed E-state index contributed by atoms with van der Waals surface area (Å²) < 4.78 is 5.37. The number of likely N-dealkylation sites (tertiary alicyclic amines) is 1. The van der Waals surface area contributed by atoms with Crippen molar-refractivity contribution in [2.24, 2.45) is 17.8 Å². The molecule has 0 bridgehead atoms. The molecule has 0 aromatic rings. The zero-order chi connectivity index (χ0) is 15.4. The van der Waals surface area contributed by atoms with Crippen LogP contribution >= 0.6 is 0 Å². The number of urea groups is 1. The van der Waals surface area contributed by atoms with Gasteiger partial charge in [-0.15, -0.1) is 0 Å². The molecular formula is C17H29N3O2. The van der Waals surface area contributed by atoms with E-state index in [9.17, 15) is 4.79 Å². The van der Waals surface area contributed by atoms with Crippen LogP contribution in [-0.4, -0.2) is 68.3 Å². The van der Waals surface area contributed by atoms with E-state index >= 15 is 0 Å². The quantitative estimate of drug-likeness (QED) is 0.802. The highest BCUT2D eigenvalue weighted by Crippen LogP contribution is 2.32. The van der Waals surface area contributed by atoms with Gasteiger partial charge in [-0.2, -0.15) is 0 Å².